The zero-order valence-electron chi connectivity index (χ0n) is 37.9. The number of carbonyl (C=O) groups excluding carboxylic acids is 2. The Bertz CT molecular complexity index is 2740. The molecule has 2 amide bonds. The van der Waals surface area contributed by atoms with Crippen LogP contribution in [-0.2, 0) is 6.61 Å². The van der Waals surface area contributed by atoms with Gasteiger partial charge in [-0.1, -0.05) is 97.4 Å². The predicted octanol–water partition coefficient (Wildman–Crippen LogP) is 10.7. The van der Waals surface area contributed by atoms with Crippen molar-refractivity contribution in [3.05, 3.63) is 167 Å². The highest BCUT2D eigenvalue weighted by Gasteiger charge is 2.18. The fourth-order valence-corrected chi connectivity index (χ4v) is 6.16. The summed E-state index contributed by atoms with van der Waals surface area (Å²) in [6.07, 6.45) is 0. The van der Waals surface area contributed by atoms with E-state index >= 15 is 0 Å². The van der Waals surface area contributed by atoms with Crippen molar-refractivity contribution < 1.29 is 19.4 Å². The van der Waals surface area contributed by atoms with Crippen LogP contribution in [0.25, 0.3) is 22.5 Å². The number of para-hydroxylation sites is 2. The average Bonchev–Trinajstić information content (AvgIpc) is 3.93. The molecule has 14 heteroatoms. The van der Waals surface area contributed by atoms with E-state index < -0.39 is 11.1 Å². The maximum atomic E-state index is 12.8. The number of nitrogens with one attached hydrogen (secondary N) is 6. The molecule has 7 aromatic rings. The number of hydrogen-bond donors (Lipinski definition) is 7. The Labute approximate surface area is 387 Å². The number of rotatable bonds is 9. The normalized spacial score (nSPS) is 11.6. The third-order valence-corrected chi connectivity index (χ3v) is 9.24. The van der Waals surface area contributed by atoms with Gasteiger partial charge in [0.1, 0.15) is 18.1 Å². The molecule has 0 aliphatic rings. The molecule has 7 rings (SSSR count). The Morgan fingerprint density at radius 2 is 1.02 bits per heavy atom. The number of aromatic nitrogens is 4. The highest BCUT2D eigenvalue weighted by Crippen LogP contribution is 2.31. The first-order chi connectivity index (χ1) is 31.0. The Hall–Kier alpha value is -8.00. The van der Waals surface area contributed by atoms with Crippen molar-refractivity contribution in [3.8, 4) is 34.0 Å². The quantitative estimate of drug-likeness (QED) is 0.0549. The van der Waals surface area contributed by atoms with Gasteiger partial charge in [-0.25, -0.2) is 9.98 Å². The molecule has 0 spiro atoms. The van der Waals surface area contributed by atoms with Crippen LogP contribution in [0, 0.1) is 13.8 Å². The van der Waals surface area contributed by atoms with Crippen molar-refractivity contribution in [1.82, 2.24) is 31.0 Å². The van der Waals surface area contributed by atoms with Gasteiger partial charge in [-0.2, -0.15) is 10.2 Å². The molecule has 0 unspecified atom stereocenters. The van der Waals surface area contributed by atoms with Crippen LogP contribution >= 0.6 is 0 Å². The molecule has 66 heavy (non-hydrogen) atoms. The molecular weight excluding hydrogens is 829 g/mol. The van der Waals surface area contributed by atoms with E-state index in [1.165, 1.54) is 0 Å². The van der Waals surface area contributed by atoms with E-state index in [2.05, 4.69) is 51.6 Å². The summed E-state index contributed by atoms with van der Waals surface area (Å²) in [5.41, 5.74) is 6.45. The van der Waals surface area contributed by atoms with Gasteiger partial charge in [-0.05, 0) is 109 Å². The SMILES string of the molecule is C.Cc1ccc(C(=O)NC(=NC(C)(C)C)Nc2cc(-c3ccccc3O)[nH]n2)cc1.Cc1ccc(C(=O)NC(=NC(C)(C)C)Nc2cc(-c3ccccc3OCc3ccccc3)[nH]n2)cc1. The minimum Gasteiger partial charge on any atom is -0.507 e. The standard InChI is InChI=1S/C29H31N5O2.C22H25N5O2.CH4/c1-20-14-16-22(17-15-20)27(35)31-28(32-29(2,3)4)30-26-18-24(33-34-26)23-12-8-9-13-25(23)36-19-21-10-6-5-7-11-21;1-14-9-11-15(12-10-14)20(29)24-21(25-22(2,3)4)23-19-13-17(26-27-19)16-7-5-6-8-18(16)28;/h5-18H,19H2,1-4H3,(H3,30,31,32,33,34,35);5-13,28H,1-4H3,(H3,23,24,25,26,27,29);1H4. The molecule has 0 atom stereocenters. The average molecular weight is 889 g/mol. The molecule has 2 heterocycles. The molecule has 5 aromatic carbocycles. The lowest BCUT2D eigenvalue weighted by molar-refractivity contribution is 0.0968. The summed E-state index contributed by atoms with van der Waals surface area (Å²) in [6.45, 7) is 16.1. The molecule has 0 saturated carbocycles. The van der Waals surface area contributed by atoms with E-state index in [1.807, 2.05) is 146 Å². The van der Waals surface area contributed by atoms with Gasteiger partial charge < -0.3 is 20.5 Å². The molecule has 0 radical (unpaired) electrons. The van der Waals surface area contributed by atoms with Crippen LogP contribution < -0.4 is 26.0 Å². The summed E-state index contributed by atoms with van der Waals surface area (Å²) in [7, 11) is 0. The monoisotopic (exact) mass is 888 g/mol. The summed E-state index contributed by atoms with van der Waals surface area (Å²) in [6, 6.07) is 43.1. The van der Waals surface area contributed by atoms with Crippen LogP contribution in [0.15, 0.2) is 150 Å². The van der Waals surface area contributed by atoms with Crippen molar-refractivity contribution in [1.29, 1.82) is 0 Å². The molecule has 14 nitrogen and oxygen atoms in total. The Morgan fingerprint density at radius 3 is 1.48 bits per heavy atom. The maximum Gasteiger partial charge on any atom is 0.257 e. The van der Waals surface area contributed by atoms with Gasteiger partial charge in [0.15, 0.2) is 11.6 Å². The topological polar surface area (TPSA) is 194 Å². The number of anilines is 2. The van der Waals surface area contributed by atoms with Crippen LogP contribution in [0.3, 0.4) is 0 Å². The molecule has 2 aromatic heterocycles. The second-order valence-electron chi connectivity index (χ2n) is 17.3. The lowest BCUT2D eigenvalue weighted by Crippen LogP contribution is -2.38. The van der Waals surface area contributed by atoms with Crippen LogP contribution in [0.4, 0.5) is 11.6 Å². The number of carbonyl (C=O) groups is 2. The highest BCUT2D eigenvalue weighted by atomic mass is 16.5. The van der Waals surface area contributed by atoms with Gasteiger partial charge in [-0.15, -0.1) is 0 Å². The number of aromatic amines is 2. The number of nitrogens with zero attached hydrogens (tertiary/aromatic N) is 4. The van der Waals surface area contributed by atoms with Gasteiger partial charge in [0.05, 0.1) is 22.5 Å². The number of aryl methyl sites for hydroxylation is 2. The van der Waals surface area contributed by atoms with Crippen LogP contribution in [0.1, 0.15) is 86.4 Å². The Balaban J connectivity index is 0.000000249. The van der Waals surface area contributed by atoms with E-state index in [0.717, 1.165) is 33.7 Å². The second kappa shape index (κ2) is 22.1. The minimum absolute atomic E-state index is 0. The van der Waals surface area contributed by atoms with E-state index in [0.29, 0.717) is 52.5 Å². The number of aromatic hydroxyl groups is 1. The Morgan fingerprint density at radius 1 is 0.591 bits per heavy atom. The van der Waals surface area contributed by atoms with Crippen molar-refractivity contribution in [3.63, 3.8) is 0 Å². The maximum absolute atomic E-state index is 12.8. The smallest absolute Gasteiger partial charge is 0.257 e. The summed E-state index contributed by atoms with van der Waals surface area (Å²) in [5.74, 6) is 1.98. The summed E-state index contributed by atoms with van der Waals surface area (Å²) < 4.78 is 6.09. The molecule has 0 saturated heterocycles. The zero-order valence-corrected chi connectivity index (χ0v) is 37.9. The highest BCUT2D eigenvalue weighted by molar-refractivity contribution is 6.10. The minimum atomic E-state index is -0.417. The van der Waals surface area contributed by atoms with Gasteiger partial charge in [0.25, 0.3) is 11.8 Å². The van der Waals surface area contributed by atoms with Gasteiger partial charge >= 0.3 is 0 Å². The van der Waals surface area contributed by atoms with Gasteiger partial charge in [0, 0.05) is 34.4 Å². The van der Waals surface area contributed by atoms with E-state index in [4.69, 9.17) is 4.74 Å². The summed E-state index contributed by atoms with van der Waals surface area (Å²) >= 11 is 0. The van der Waals surface area contributed by atoms with Crippen LogP contribution in [0.2, 0.25) is 0 Å². The number of amides is 2. The van der Waals surface area contributed by atoms with Crippen LogP contribution in [0.5, 0.6) is 11.5 Å². The fraction of sp³-hybridized carbons (Fsp3) is 0.231. The number of phenolic OH excluding ortho intramolecular Hbond substituents is 1. The first kappa shape index (κ1) is 49.0. The van der Waals surface area contributed by atoms with Crippen molar-refractivity contribution in [2.45, 2.75) is 80.5 Å². The molecule has 342 valence electrons. The fourth-order valence-electron chi connectivity index (χ4n) is 6.16. The number of aliphatic imine (C=N–C) groups is 2. The number of H-pyrrole nitrogens is 2. The third-order valence-electron chi connectivity index (χ3n) is 9.24. The number of hydrogen-bond acceptors (Lipinski definition) is 8. The predicted molar refractivity (Wildman–Crippen MR) is 266 cm³/mol. The van der Waals surface area contributed by atoms with E-state index in [-0.39, 0.29) is 25.0 Å². The summed E-state index contributed by atoms with van der Waals surface area (Å²) in [5, 5.41) is 36.5. The van der Waals surface area contributed by atoms with Crippen molar-refractivity contribution in [2.75, 3.05) is 10.6 Å². The molecule has 0 aliphatic carbocycles. The second-order valence-corrected chi connectivity index (χ2v) is 17.3. The number of phenols is 1. The number of benzene rings is 5. The molecular formula is C52H60N10O4. The molecule has 7 N–H and O–H groups in total. The van der Waals surface area contributed by atoms with Crippen molar-refractivity contribution in [2.24, 2.45) is 9.98 Å². The lowest BCUT2D eigenvalue weighted by atomic mass is 10.1. The zero-order chi connectivity index (χ0) is 46.6. The molecule has 0 bridgehead atoms. The molecule has 0 aliphatic heterocycles. The summed E-state index contributed by atoms with van der Waals surface area (Å²) in [4.78, 5) is 34.6. The number of ether oxygens (including phenoxy) is 1. The van der Waals surface area contributed by atoms with Gasteiger partial charge in [-0.3, -0.25) is 30.4 Å². The van der Waals surface area contributed by atoms with Crippen molar-refractivity contribution >= 4 is 35.4 Å². The molecule has 0 fully saturated rings. The first-order valence-electron chi connectivity index (χ1n) is 21.1. The van der Waals surface area contributed by atoms with E-state index in [9.17, 15) is 14.7 Å². The largest absolute Gasteiger partial charge is 0.507 e. The Kier molecular flexibility index (Phi) is 16.4. The van der Waals surface area contributed by atoms with Gasteiger partial charge in [0.2, 0.25) is 11.9 Å². The third kappa shape index (κ3) is 14.8. The lowest BCUT2D eigenvalue weighted by Gasteiger charge is -2.17. The first-order valence-corrected chi connectivity index (χ1v) is 21.1. The number of guanidine groups is 2. The van der Waals surface area contributed by atoms with Crippen LogP contribution in [-0.4, -0.2) is 60.3 Å². The van der Waals surface area contributed by atoms with E-state index in [1.54, 1.807) is 48.5 Å².